The van der Waals surface area contributed by atoms with Gasteiger partial charge in [-0.25, -0.2) is 0 Å². The van der Waals surface area contributed by atoms with Crippen molar-refractivity contribution in [1.29, 1.82) is 0 Å². The van der Waals surface area contributed by atoms with Gasteiger partial charge in [-0.1, -0.05) is 12.1 Å². The Labute approximate surface area is 99.4 Å². The molecule has 1 rings (SSSR count). The number of rotatable bonds is 5. The molecule has 0 aliphatic rings. The fourth-order valence-electron chi connectivity index (χ4n) is 1.27. The third-order valence-corrected chi connectivity index (χ3v) is 2.18. The number of hydrogen-bond donors (Lipinski definition) is 2. The van der Waals surface area contributed by atoms with Crippen molar-refractivity contribution in [3.8, 4) is 5.75 Å². The van der Waals surface area contributed by atoms with E-state index in [1.54, 1.807) is 12.1 Å². The Morgan fingerprint density at radius 1 is 1.29 bits per heavy atom. The first-order chi connectivity index (χ1) is 8.11. The highest BCUT2D eigenvalue weighted by Gasteiger charge is 2.05. The minimum Gasteiger partial charge on any atom is -0.508 e. The number of nitrogens with one attached hydrogen (secondary N) is 1. The molecular formula is C12H15NO4. The standard InChI is InChI=1S/C12H15NO4/c1-17-12(16)6-7-13-11(15)8-9-2-4-10(14)5-3-9/h2-5,14H,6-8H2,1H3,(H,13,15). The van der Waals surface area contributed by atoms with Crippen LogP contribution in [-0.4, -0.2) is 30.6 Å². The molecule has 1 aromatic rings. The Hall–Kier alpha value is -2.04. The zero-order valence-electron chi connectivity index (χ0n) is 9.60. The molecule has 0 fully saturated rings. The average molecular weight is 237 g/mol. The highest BCUT2D eigenvalue weighted by Crippen LogP contribution is 2.09. The first-order valence-electron chi connectivity index (χ1n) is 5.23. The lowest BCUT2D eigenvalue weighted by atomic mass is 10.1. The van der Waals surface area contributed by atoms with Crippen LogP contribution < -0.4 is 5.32 Å². The van der Waals surface area contributed by atoms with E-state index in [-0.39, 0.29) is 37.0 Å². The number of carbonyl (C=O) groups excluding carboxylic acids is 2. The number of carbonyl (C=O) groups is 2. The summed E-state index contributed by atoms with van der Waals surface area (Å²) in [6, 6.07) is 6.40. The zero-order valence-corrected chi connectivity index (χ0v) is 9.60. The Balaban J connectivity index is 2.30. The number of phenols is 1. The molecular weight excluding hydrogens is 222 g/mol. The number of ether oxygens (including phenoxy) is 1. The summed E-state index contributed by atoms with van der Waals surface area (Å²) in [4.78, 5) is 22.2. The minimum absolute atomic E-state index is 0.165. The number of aromatic hydroxyl groups is 1. The van der Waals surface area contributed by atoms with Crippen molar-refractivity contribution < 1.29 is 19.4 Å². The van der Waals surface area contributed by atoms with Crippen LogP contribution in [0, 0.1) is 0 Å². The van der Waals surface area contributed by atoms with E-state index in [2.05, 4.69) is 10.1 Å². The smallest absolute Gasteiger partial charge is 0.307 e. The molecule has 2 N–H and O–H groups in total. The monoisotopic (exact) mass is 237 g/mol. The maximum Gasteiger partial charge on any atom is 0.307 e. The molecule has 0 aliphatic carbocycles. The molecule has 1 amide bonds. The first-order valence-corrected chi connectivity index (χ1v) is 5.23. The molecule has 0 atom stereocenters. The summed E-state index contributed by atoms with van der Waals surface area (Å²) in [7, 11) is 1.31. The number of hydrogen-bond acceptors (Lipinski definition) is 4. The van der Waals surface area contributed by atoms with E-state index in [1.165, 1.54) is 19.2 Å². The highest BCUT2D eigenvalue weighted by molar-refractivity contribution is 5.79. The van der Waals surface area contributed by atoms with Crippen LogP contribution in [0.2, 0.25) is 0 Å². The maximum atomic E-state index is 11.4. The van der Waals surface area contributed by atoms with Gasteiger partial charge in [0.25, 0.3) is 0 Å². The number of esters is 1. The Bertz CT molecular complexity index is 386. The van der Waals surface area contributed by atoms with Crippen LogP contribution in [0.3, 0.4) is 0 Å². The van der Waals surface area contributed by atoms with Crippen LogP contribution in [-0.2, 0) is 20.7 Å². The topological polar surface area (TPSA) is 75.6 Å². The van der Waals surface area contributed by atoms with Crippen molar-refractivity contribution in [3.05, 3.63) is 29.8 Å². The fraction of sp³-hybridized carbons (Fsp3) is 0.333. The SMILES string of the molecule is COC(=O)CCNC(=O)Cc1ccc(O)cc1. The van der Waals surface area contributed by atoms with E-state index < -0.39 is 0 Å². The molecule has 0 bridgehead atoms. The second-order valence-electron chi connectivity index (χ2n) is 3.52. The van der Waals surface area contributed by atoms with E-state index in [0.717, 1.165) is 5.56 Å². The van der Waals surface area contributed by atoms with Gasteiger partial charge in [-0.05, 0) is 17.7 Å². The largest absolute Gasteiger partial charge is 0.508 e. The quantitative estimate of drug-likeness (QED) is 0.736. The lowest BCUT2D eigenvalue weighted by Gasteiger charge is -2.04. The van der Waals surface area contributed by atoms with Crippen molar-refractivity contribution in [3.63, 3.8) is 0 Å². The van der Waals surface area contributed by atoms with Crippen LogP contribution in [0.15, 0.2) is 24.3 Å². The number of benzene rings is 1. The van der Waals surface area contributed by atoms with Crippen LogP contribution in [0.25, 0.3) is 0 Å². The van der Waals surface area contributed by atoms with Crippen LogP contribution in [0.1, 0.15) is 12.0 Å². The van der Waals surface area contributed by atoms with Crippen molar-refractivity contribution >= 4 is 11.9 Å². The molecule has 0 saturated heterocycles. The van der Waals surface area contributed by atoms with E-state index in [4.69, 9.17) is 5.11 Å². The van der Waals surface area contributed by atoms with E-state index in [9.17, 15) is 9.59 Å². The van der Waals surface area contributed by atoms with Crippen LogP contribution in [0.5, 0.6) is 5.75 Å². The molecule has 5 nitrogen and oxygen atoms in total. The lowest BCUT2D eigenvalue weighted by Crippen LogP contribution is -2.27. The number of amides is 1. The molecule has 0 heterocycles. The summed E-state index contributed by atoms with van der Waals surface area (Å²) >= 11 is 0. The van der Waals surface area contributed by atoms with Crippen molar-refractivity contribution in [1.82, 2.24) is 5.32 Å². The molecule has 0 spiro atoms. The van der Waals surface area contributed by atoms with Gasteiger partial charge in [-0.2, -0.15) is 0 Å². The predicted octanol–water partition coefficient (Wildman–Crippen LogP) is 0.614. The van der Waals surface area contributed by atoms with Crippen molar-refractivity contribution in [2.75, 3.05) is 13.7 Å². The van der Waals surface area contributed by atoms with Gasteiger partial charge >= 0.3 is 5.97 Å². The second-order valence-corrected chi connectivity index (χ2v) is 3.52. The van der Waals surface area contributed by atoms with Gasteiger partial charge in [0.05, 0.1) is 20.0 Å². The maximum absolute atomic E-state index is 11.4. The van der Waals surface area contributed by atoms with Gasteiger partial charge in [0.1, 0.15) is 5.75 Å². The van der Waals surface area contributed by atoms with E-state index in [1.807, 2.05) is 0 Å². The fourth-order valence-corrected chi connectivity index (χ4v) is 1.27. The third-order valence-electron chi connectivity index (χ3n) is 2.18. The summed E-state index contributed by atoms with van der Waals surface area (Å²) < 4.78 is 4.45. The van der Waals surface area contributed by atoms with Crippen molar-refractivity contribution in [2.45, 2.75) is 12.8 Å². The molecule has 1 aromatic carbocycles. The third kappa shape index (κ3) is 5.01. The number of methoxy groups -OCH3 is 1. The minimum atomic E-state index is -0.352. The van der Waals surface area contributed by atoms with Gasteiger partial charge in [-0.15, -0.1) is 0 Å². The summed E-state index contributed by atoms with van der Waals surface area (Å²) in [6.45, 7) is 0.267. The first kappa shape index (κ1) is 13.0. The molecule has 0 aliphatic heterocycles. The van der Waals surface area contributed by atoms with Gasteiger partial charge in [0.2, 0.25) is 5.91 Å². The normalized spacial score (nSPS) is 9.71. The highest BCUT2D eigenvalue weighted by atomic mass is 16.5. The van der Waals surface area contributed by atoms with Gasteiger partial charge in [-0.3, -0.25) is 9.59 Å². The summed E-state index contributed by atoms with van der Waals surface area (Å²) in [5.41, 5.74) is 0.804. The second kappa shape index (κ2) is 6.52. The molecule has 17 heavy (non-hydrogen) atoms. The Kier molecular flexibility index (Phi) is 5.00. The van der Waals surface area contributed by atoms with Gasteiger partial charge in [0.15, 0.2) is 0 Å². The van der Waals surface area contributed by atoms with Gasteiger partial charge < -0.3 is 15.2 Å². The Morgan fingerprint density at radius 3 is 2.53 bits per heavy atom. The molecule has 0 aromatic heterocycles. The zero-order chi connectivity index (χ0) is 12.7. The van der Waals surface area contributed by atoms with E-state index in [0.29, 0.717) is 0 Å². The average Bonchev–Trinajstić information content (AvgIpc) is 2.32. The molecule has 0 radical (unpaired) electrons. The summed E-state index contributed by atoms with van der Waals surface area (Å²) in [6.07, 6.45) is 0.388. The van der Waals surface area contributed by atoms with Crippen molar-refractivity contribution in [2.24, 2.45) is 0 Å². The van der Waals surface area contributed by atoms with Gasteiger partial charge in [0, 0.05) is 6.54 Å². The molecule has 5 heteroatoms. The molecule has 0 saturated carbocycles. The summed E-state index contributed by atoms with van der Waals surface area (Å²) in [5, 5.41) is 11.7. The summed E-state index contributed by atoms with van der Waals surface area (Å²) in [5.74, 6) is -0.352. The number of phenolic OH excluding ortho intramolecular Hbond substituents is 1. The lowest BCUT2D eigenvalue weighted by molar-refractivity contribution is -0.140. The molecule has 92 valence electrons. The van der Waals surface area contributed by atoms with Crippen LogP contribution >= 0.6 is 0 Å². The predicted molar refractivity (Wildman–Crippen MR) is 61.5 cm³/mol. The Morgan fingerprint density at radius 2 is 1.94 bits per heavy atom. The van der Waals surface area contributed by atoms with Crippen LogP contribution in [0.4, 0.5) is 0 Å². The van der Waals surface area contributed by atoms with E-state index >= 15 is 0 Å². The molecule has 0 unspecified atom stereocenters.